The van der Waals surface area contributed by atoms with Gasteiger partial charge >= 0.3 is 12.1 Å². The summed E-state index contributed by atoms with van der Waals surface area (Å²) in [5, 5.41) is 3.35. The maximum Gasteiger partial charge on any atom is 0.471 e. The SMILES string of the molecule is Fc1ccc(Oc2cccc(-c3noc(C(F)(F)F)n3)c2)c(Cl)c1. The Bertz CT molecular complexity index is 880. The van der Waals surface area contributed by atoms with Gasteiger partial charge in [0.1, 0.15) is 17.3 Å². The van der Waals surface area contributed by atoms with Crippen LogP contribution in [0.1, 0.15) is 5.89 Å². The van der Waals surface area contributed by atoms with E-state index < -0.39 is 17.9 Å². The average molecular weight is 359 g/mol. The topological polar surface area (TPSA) is 48.2 Å². The molecule has 0 fully saturated rings. The number of benzene rings is 2. The summed E-state index contributed by atoms with van der Waals surface area (Å²) in [6.07, 6.45) is -4.72. The minimum absolute atomic E-state index is 0.0549. The van der Waals surface area contributed by atoms with Crippen molar-refractivity contribution in [3.05, 3.63) is 59.2 Å². The summed E-state index contributed by atoms with van der Waals surface area (Å²) >= 11 is 5.86. The first-order valence-electron chi connectivity index (χ1n) is 6.47. The van der Waals surface area contributed by atoms with Crippen LogP contribution in [0.3, 0.4) is 0 Å². The van der Waals surface area contributed by atoms with Crippen molar-refractivity contribution in [3.8, 4) is 22.9 Å². The molecule has 1 heterocycles. The molecule has 0 N–H and O–H groups in total. The van der Waals surface area contributed by atoms with E-state index in [1.54, 1.807) is 6.07 Å². The van der Waals surface area contributed by atoms with Gasteiger partial charge in [-0.05, 0) is 30.3 Å². The van der Waals surface area contributed by atoms with Crippen molar-refractivity contribution in [2.24, 2.45) is 0 Å². The van der Waals surface area contributed by atoms with Gasteiger partial charge in [0.2, 0.25) is 5.82 Å². The standard InChI is InChI=1S/C15H7ClF4N2O2/c16-11-7-9(17)4-5-12(11)23-10-3-1-2-8(6-10)13-21-14(24-22-13)15(18,19)20/h1-7H. The van der Waals surface area contributed by atoms with E-state index in [9.17, 15) is 17.6 Å². The average Bonchev–Trinajstić information content (AvgIpc) is 3.01. The molecule has 0 aliphatic rings. The van der Waals surface area contributed by atoms with Crippen LogP contribution in [0.25, 0.3) is 11.4 Å². The van der Waals surface area contributed by atoms with E-state index in [1.807, 2.05) is 0 Å². The number of rotatable bonds is 3. The molecule has 0 unspecified atom stereocenters. The molecule has 1 aromatic heterocycles. The number of hydrogen-bond acceptors (Lipinski definition) is 4. The van der Waals surface area contributed by atoms with Crippen molar-refractivity contribution in [3.63, 3.8) is 0 Å². The third-order valence-corrected chi connectivity index (χ3v) is 3.18. The first kappa shape index (κ1) is 16.3. The highest BCUT2D eigenvalue weighted by Gasteiger charge is 2.38. The minimum atomic E-state index is -4.72. The van der Waals surface area contributed by atoms with Gasteiger partial charge in [-0.1, -0.05) is 28.9 Å². The monoisotopic (exact) mass is 358 g/mol. The van der Waals surface area contributed by atoms with Crippen LogP contribution in [0.15, 0.2) is 47.0 Å². The van der Waals surface area contributed by atoms with Crippen molar-refractivity contribution >= 4 is 11.6 Å². The normalized spacial score (nSPS) is 11.5. The van der Waals surface area contributed by atoms with Crippen LogP contribution in [-0.2, 0) is 6.18 Å². The van der Waals surface area contributed by atoms with Crippen LogP contribution < -0.4 is 4.74 Å². The zero-order valence-electron chi connectivity index (χ0n) is 11.6. The Balaban J connectivity index is 1.88. The van der Waals surface area contributed by atoms with Gasteiger partial charge in [0.05, 0.1) is 5.02 Å². The molecule has 0 saturated carbocycles. The van der Waals surface area contributed by atoms with E-state index in [4.69, 9.17) is 16.3 Å². The largest absolute Gasteiger partial charge is 0.471 e. The Hall–Kier alpha value is -2.61. The molecule has 0 radical (unpaired) electrons. The second-order valence-electron chi connectivity index (χ2n) is 4.63. The molecule has 124 valence electrons. The summed E-state index contributed by atoms with van der Waals surface area (Å²) in [7, 11) is 0. The molecule has 3 aromatic rings. The van der Waals surface area contributed by atoms with E-state index in [0.717, 1.165) is 6.07 Å². The third kappa shape index (κ3) is 3.48. The summed E-state index contributed by atoms with van der Waals surface area (Å²) < 4.78 is 60.2. The van der Waals surface area contributed by atoms with Gasteiger partial charge in [0.25, 0.3) is 0 Å². The van der Waals surface area contributed by atoms with E-state index in [-0.39, 0.29) is 27.9 Å². The van der Waals surface area contributed by atoms with Gasteiger partial charge in [-0.25, -0.2) is 4.39 Å². The van der Waals surface area contributed by atoms with Crippen LogP contribution in [0.4, 0.5) is 17.6 Å². The quantitative estimate of drug-likeness (QED) is 0.593. The fourth-order valence-electron chi connectivity index (χ4n) is 1.84. The van der Waals surface area contributed by atoms with Gasteiger partial charge in [0.15, 0.2) is 0 Å². The molecule has 0 saturated heterocycles. The predicted molar refractivity (Wildman–Crippen MR) is 76.2 cm³/mol. The summed E-state index contributed by atoms with van der Waals surface area (Å²) in [4.78, 5) is 3.30. The molecule has 0 bridgehead atoms. The Labute approximate surface area is 137 Å². The lowest BCUT2D eigenvalue weighted by Gasteiger charge is -2.08. The third-order valence-electron chi connectivity index (χ3n) is 2.88. The number of alkyl halides is 3. The summed E-state index contributed by atoms with van der Waals surface area (Å²) in [6, 6.07) is 9.56. The van der Waals surface area contributed by atoms with E-state index >= 15 is 0 Å². The summed E-state index contributed by atoms with van der Waals surface area (Å²) in [6.45, 7) is 0. The lowest BCUT2D eigenvalue weighted by molar-refractivity contribution is -0.159. The van der Waals surface area contributed by atoms with Gasteiger partial charge in [0, 0.05) is 5.56 Å². The highest BCUT2D eigenvalue weighted by molar-refractivity contribution is 6.32. The van der Waals surface area contributed by atoms with Crippen LogP contribution in [-0.4, -0.2) is 10.1 Å². The number of halogens is 5. The molecule has 0 amide bonds. The lowest BCUT2D eigenvalue weighted by atomic mass is 10.2. The Morgan fingerprint density at radius 1 is 1.08 bits per heavy atom. The van der Waals surface area contributed by atoms with E-state index in [2.05, 4.69) is 14.7 Å². The first-order chi connectivity index (χ1) is 11.3. The molecule has 0 aliphatic heterocycles. The second-order valence-corrected chi connectivity index (χ2v) is 5.03. The fourth-order valence-corrected chi connectivity index (χ4v) is 2.05. The smallest absolute Gasteiger partial charge is 0.456 e. The zero-order valence-corrected chi connectivity index (χ0v) is 12.4. The molecular formula is C15H7ClF4N2O2. The van der Waals surface area contributed by atoms with Crippen molar-refractivity contribution in [1.29, 1.82) is 0 Å². The van der Waals surface area contributed by atoms with Crippen molar-refractivity contribution in [2.45, 2.75) is 6.18 Å². The zero-order chi connectivity index (χ0) is 17.3. The number of aromatic nitrogens is 2. The predicted octanol–water partition coefficient (Wildman–Crippen LogP) is 5.34. The van der Waals surface area contributed by atoms with Gasteiger partial charge in [-0.2, -0.15) is 18.2 Å². The molecule has 0 spiro atoms. The Morgan fingerprint density at radius 3 is 2.54 bits per heavy atom. The van der Waals surface area contributed by atoms with Gasteiger partial charge < -0.3 is 9.26 Å². The van der Waals surface area contributed by atoms with E-state index in [1.165, 1.54) is 30.3 Å². The summed E-state index contributed by atoms with van der Waals surface area (Å²) in [5.74, 6) is -1.74. The molecule has 2 aromatic carbocycles. The maximum absolute atomic E-state index is 13.0. The van der Waals surface area contributed by atoms with E-state index in [0.29, 0.717) is 0 Å². The van der Waals surface area contributed by atoms with Crippen molar-refractivity contribution in [1.82, 2.24) is 10.1 Å². The maximum atomic E-state index is 13.0. The van der Waals surface area contributed by atoms with Crippen LogP contribution >= 0.6 is 11.6 Å². The first-order valence-corrected chi connectivity index (χ1v) is 6.85. The lowest BCUT2D eigenvalue weighted by Crippen LogP contribution is -2.04. The highest BCUT2D eigenvalue weighted by Crippen LogP contribution is 2.33. The Kier molecular flexibility index (Phi) is 4.15. The van der Waals surface area contributed by atoms with Gasteiger partial charge in [-0.3, -0.25) is 0 Å². The minimum Gasteiger partial charge on any atom is -0.456 e. The fraction of sp³-hybridized carbons (Fsp3) is 0.0667. The summed E-state index contributed by atoms with van der Waals surface area (Å²) in [5.41, 5.74) is 0.255. The second kappa shape index (κ2) is 6.12. The molecule has 0 atom stereocenters. The highest BCUT2D eigenvalue weighted by atomic mass is 35.5. The van der Waals surface area contributed by atoms with Gasteiger partial charge in [-0.15, -0.1) is 0 Å². The number of hydrogen-bond donors (Lipinski definition) is 0. The molecule has 3 rings (SSSR count). The van der Waals surface area contributed by atoms with Crippen molar-refractivity contribution < 1.29 is 26.8 Å². The molecule has 4 nitrogen and oxygen atoms in total. The van der Waals surface area contributed by atoms with Crippen molar-refractivity contribution in [2.75, 3.05) is 0 Å². The van der Waals surface area contributed by atoms with Crippen LogP contribution in [0.2, 0.25) is 5.02 Å². The molecular weight excluding hydrogens is 352 g/mol. The molecule has 0 aliphatic carbocycles. The molecule has 9 heteroatoms. The number of ether oxygens (including phenoxy) is 1. The van der Waals surface area contributed by atoms with Crippen LogP contribution in [0.5, 0.6) is 11.5 Å². The van der Waals surface area contributed by atoms with Crippen LogP contribution in [0, 0.1) is 5.82 Å². The number of nitrogens with zero attached hydrogens (tertiary/aromatic N) is 2. The molecule has 24 heavy (non-hydrogen) atoms. The Morgan fingerprint density at radius 2 is 1.88 bits per heavy atom.